The van der Waals surface area contributed by atoms with Crippen LogP contribution in [0.5, 0.6) is 0 Å². The zero-order valence-electron chi connectivity index (χ0n) is 13.6. The summed E-state index contributed by atoms with van der Waals surface area (Å²) in [6, 6.07) is 5.50. The van der Waals surface area contributed by atoms with E-state index in [0.717, 1.165) is 24.9 Å². The maximum atomic E-state index is 13.4. The van der Waals surface area contributed by atoms with Crippen LogP contribution in [0.4, 0.5) is 4.39 Å². The predicted molar refractivity (Wildman–Crippen MR) is 89.1 cm³/mol. The SMILES string of the molecule is CCC(CC)N(CC(C)C)C(CN)c1ccc(F)c(Cl)c1. The van der Waals surface area contributed by atoms with E-state index in [1.54, 1.807) is 12.1 Å². The normalized spacial score (nSPS) is 13.4. The van der Waals surface area contributed by atoms with E-state index in [4.69, 9.17) is 17.3 Å². The third-order valence-corrected chi connectivity index (χ3v) is 4.23. The molecule has 2 nitrogen and oxygen atoms in total. The minimum atomic E-state index is -0.380. The Labute approximate surface area is 133 Å². The molecule has 0 amide bonds. The summed E-state index contributed by atoms with van der Waals surface area (Å²) in [6.45, 7) is 10.3. The van der Waals surface area contributed by atoms with Crippen molar-refractivity contribution < 1.29 is 4.39 Å². The molecule has 0 aliphatic rings. The van der Waals surface area contributed by atoms with Crippen molar-refractivity contribution in [3.05, 3.63) is 34.6 Å². The van der Waals surface area contributed by atoms with Crippen LogP contribution in [0, 0.1) is 11.7 Å². The summed E-state index contributed by atoms with van der Waals surface area (Å²) in [5.74, 6) is 0.171. The standard InChI is InChI=1S/C17H28ClFN2/c1-5-14(6-2)21(11-12(3)4)17(10-20)13-7-8-16(19)15(18)9-13/h7-9,12,14,17H,5-6,10-11,20H2,1-4H3. The molecular formula is C17H28ClFN2. The Balaban J connectivity index is 3.12. The Morgan fingerprint density at radius 2 is 1.86 bits per heavy atom. The van der Waals surface area contributed by atoms with Crippen molar-refractivity contribution in [3.8, 4) is 0 Å². The molecule has 0 aliphatic heterocycles. The first-order valence-corrected chi connectivity index (χ1v) is 8.23. The average Bonchev–Trinajstić information content (AvgIpc) is 2.44. The average molecular weight is 315 g/mol. The molecule has 1 rings (SSSR count). The lowest BCUT2D eigenvalue weighted by Gasteiger charge is -2.38. The largest absolute Gasteiger partial charge is 0.329 e. The third kappa shape index (κ3) is 4.94. The number of nitrogens with two attached hydrogens (primary N) is 1. The van der Waals surface area contributed by atoms with E-state index in [-0.39, 0.29) is 16.9 Å². The van der Waals surface area contributed by atoms with Gasteiger partial charge in [-0.05, 0) is 36.5 Å². The fourth-order valence-electron chi connectivity index (χ4n) is 2.89. The molecule has 1 unspecified atom stereocenters. The molecule has 0 aromatic heterocycles. The van der Waals surface area contributed by atoms with E-state index >= 15 is 0 Å². The molecule has 1 aromatic carbocycles. The molecule has 4 heteroatoms. The van der Waals surface area contributed by atoms with E-state index in [9.17, 15) is 4.39 Å². The molecule has 0 aliphatic carbocycles. The van der Waals surface area contributed by atoms with Crippen LogP contribution in [0.1, 0.15) is 52.1 Å². The number of halogens is 2. The Hall–Kier alpha value is -0.640. The Morgan fingerprint density at radius 3 is 2.29 bits per heavy atom. The van der Waals surface area contributed by atoms with Crippen LogP contribution in [0.2, 0.25) is 5.02 Å². The van der Waals surface area contributed by atoms with Crippen LogP contribution in [-0.2, 0) is 0 Å². The summed E-state index contributed by atoms with van der Waals surface area (Å²) < 4.78 is 13.4. The fourth-order valence-corrected chi connectivity index (χ4v) is 3.08. The number of benzene rings is 1. The summed E-state index contributed by atoms with van der Waals surface area (Å²) in [4.78, 5) is 2.45. The summed E-state index contributed by atoms with van der Waals surface area (Å²) in [7, 11) is 0. The van der Waals surface area contributed by atoms with Crippen LogP contribution in [-0.4, -0.2) is 24.0 Å². The highest BCUT2D eigenvalue weighted by Crippen LogP contribution is 2.28. The van der Waals surface area contributed by atoms with Crippen LogP contribution < -0.4 is 5.73 Å². The van der Waals surface area contributed by atoms with Gasteiger partial charge in [0.05, 0.1) is 5.02 Å². The van der Waals surface area contributed by atoms with Crippen molar-refractivity contribution in [1.29, 1.82) is 0 Å². The Bertz CT molecular complexity index is 433. The Kier molecular flexibility index (Phi) is 7.64. The van der Waals surface area contributed by atoms with Gasteiger partial charge in [-0.1, -0.05) is 45.4 Å². The van der Waals surface area contributed by atoms with Gasteiger partial charge in [0.25, 0.3) is 0 Å². The molecule has 0 spiro atoms. The van der Waals surface area contributed by atoms with Crippen molar-refractivity contribution in [2.24, 2.45) is 11.7 Å². The van der Waals surface area contributed by atoms with Crippen molar-refractivity contribution in [2.45, 2.75) is 52.6 Å². The van der Waals surface area contributed by atoms with Gasteiger partial charge >= 0.3 is 0 Å². The molecule has 0 heterocycles. The first-order chi connectivity index (χ1) is 9.94. The number of rotatable bonds is 8. The minimum Gasteiger partial charge on any atom is -0.329 e. The molecule has 2 N–H and O–H groups in total. The molecule has 0 saturated heterocycles. The second-order valence-electron chi connectivity index (χ2n) is 5.99. The highest BCUT2D eigenvalue weighted by molar-refractivity contribution is 6.30. The van der Waals surface area contributed by atoms with E-state index in [1.165, 1.54) is 6.07 Å². The van der Waals surface area contributed by atoms with Gasteiger partial charge in [-0.15, -0.1) is 0 Å². The maximum Gasteiger partial charge on any atom is 0.141 e. The summed E-state index contributed by atoms with van der Waals surface area (Å²) in [6.07, 6.45) is 2.16. The second-order valence-corrected chi connectivity index (χ2v) is 6.39. The summed E-state index contributed by atoms with van der Waals surface area (Å²) >= 11 is 5.94. The van der Waals surface area contributed by atoms with Crippen molar-refractivity contribution in [2.75, 3.05) is 13.1 Å². The maximum absolute atomic E-state index is 13.4. The number of hydrogen-bond donors (Lipinski definition) is 1. The lowest BCUT2D eigenvalue weighted by molar-refractivity contribution is 0.112. The first-order valence-electron chi connectivity index (χ1n) is 7.85. The fraction of sp³-hybridized carbons (Fsp3) is 0.647. The molecule has 0 saturated carbocycles. The molecule has 0 fully saturated rings. The van der Waals surface area contributed by atoms with Crippen molar-refractivity contribution in [1.82, 2.24) is 4.90 Å². The van der Waals surface area contributed by atoms with Gasteiger partial charge in [0.2, 0.25) is 0 Å². The zero-order valence-corrected chi connectivity index (χ0v) is 14.3. The second kappa shape index (κ2) is 8.72. The monoisotopic (exact) mass is 314 g/mol. The number of nitrogens with zero attached hydrogens (tertiary/aromatic N) is 1. The lowest BCUT2D eigenvalue weighted by Crippen LogP contribution is -2.43. The summed E-state index contributed by atoms with van der Waals surface area (Å²) in [5, 5.41) is 0.167. The van der Waals surface area contributed by atoms with E-state index in [1.807, 2.05) is 0 Å². The molecule has 0 bridgehead atoms. The highest BCUT2D eigenvalue weighted by Gasteiger charge is 2.25. The summed E-state index contributed by atoms with van der Waals surface area (Å²) in [5.41, 5.74) is 7.03. The smallest absolute Gasteiger partial charge is 0.141 e. The topological polar surface area (TPSA) is 29.3 Å². The molecule has 0 radical (unpaired) electrons. The quantitative estimate of drug-likeness (QED) is 0.758. The van der Waals surface area contributed by atoms with Crippen LogP contribution >= 0.6 is 11.6 Å². The van der Waals surface area contributed by atoms with Crippen molar-refractivity contribution >= 4 is 11.6 Å². The molecular weight excluding hydrogens is 287 g/mol. The Morgan fingerprint density at radius 1 is 1.24 bits per heavy atom. The predicted octanol–water partition coefficient (Wildman–Crippen LogP) is 4.63. The molecule has 21 heavy (non-hydrogen) atoms. The van der Waals surface area contributed by atoms with E-state index in [2.05, 4.69) is 32.6 Å². The zero-order chi connectivity index (χ0) is 16.0. The van der Waals surface area contributed by atoms with Crippen LogP contribution in [0.25, 0.3) is 0 Å². The molecule has 120 valence electrons. The lowest BCUT2D eigenvalue weighted by atomic mass is 9.99. The van der Waals surface area contributed by atoms with E-state index < -0.39 is 0 Å². The number of hydrogen-bond acceptors (Lipinski definition) is 2. The van der Waals surface area contributed by atoms with E-state index in [0.29, 0.717) is 18.5 Å². The van der Waals surface area contributed by atoms with Gasteiger partial charge in [-0.3, -0.25) is 4.90 Å². The third-order valence-electron chi connectivity index (χ3n) is 3.94. The first kappa shape index (κ1) is 18.4. The van der Waals surface area contributed by atoms with Gasteiger partial charge in [-0.2, -0.15) is 0 Å². The van der Waals surface area contributed by atoms with Crippen LogP contribution in [0.15, 0.2) is 18.2 Å². The van der Waals surface area contributed by atoms with Gasteiger partial charge in [0.15, 0.2) is 0 Å². The highest BCUT2D eigenvalue weighted by atomic mass is 35.5. The molecule has 1 atom stereocenters. The van der Waals surface area contributed by atoms with Gasteiger partial charge < -0.3 is 5.73 Å². The van der Waals surface area contributed by atoms with Gasteiger partial charge in [0.1, 0.15) is 5.82 Å². The van der Waals surface area contributed by atoms with Gasteiger partial charge in [-0.25, -0.2) is 4.39 Å². The van der Waals surface area contributed by atoms with Gasteiger partial charge in [0, 0.05) is 25.2 Å². The van der Waals surface area contributed by atoms with Crippen LogP contribution in [0.3, 0.4) is 0 Å². The minimum absolute atomic E-state index is 0.0791. The molecule has 1 aromatic rings. The van der Waals surface area contributed by atoms with Crippen molar-refractivity contribution in [3.63, 3.8) is 0 Å².